The second-order valence-corrected chi connectivity index (χ2v) is 5.06. The smallest absolute Gasteiger partial charge is 0.0643 e. The van der Waals surface area contributed by atoms with E-state index in [0.29, 0.717) is 6.04 Å². The van der Waals surface area contributed by atoms with Crippen LogP contribution in [-0.2, 0) is 4.74 Å². The van der Waals surface area contributed by atoms with Crippen LogP contribution in [0.1, 0.15) is 38.5 Å². The van der Waals surface area contributed by atoms with Gasteiger partial charge in [-0.25, -0.2) is 0 Å². The van der Waals surface area contributed by atoms with Gasteiger partial charge in [-0.1, -0.05) is 12.8 Å². The average Bonchev–Trinajstić information content (AvgIpc) is 2.38. The minimum atomic E-state index is 0.681. The van der Waals surface area contributed by atoms with Gasteiger partial charge in [0, 0.05) is 6.04 Å². The van der Waals surface area contributed by atoms with E-state index in [1.54, 1.807) is 0 Å². The number of hydrogen-bond donors (Lipinski definition) is 1. The highest BCUT2D eigenvalue weighted by Crippen LogP contribution is 2.53. The molecule has 3 aliphatic rings. The quantitative estimate of drug-likeness (QED) is 0.700. The van der Waals surface area contributed by atoms with Gasteiger partial charge in [-0.3, -0.25) is 0 Å². The predicted octanol–water partition coefficient (Wildman–Crippen LogP) is 1.70. The zero-order valence-corrected chi connectivity index (χ0v) is 8.22. The second kappa shape index (κ2) is 2.96. The van der Waals surface area contributed by atoms with E-state index in [1.165, 1.54) is 38.5 Å². The normalized spacial score (nSPS) is 37.4. The Kier molecular flexibility index (Phi) is 1.88. The Balaban J connectivity index is 1.61. The SMILES string of the molecule is C1CC(NC2COC2)C2(C1)CCC2. The molecule has 1 saturated heterocycles. The maximum atomic E-state index is 5.20. The van der Waals surface area contributed by atoms with Crippen LogP contribution in [-0.4, -0.2) is 25.3 Å². The zero-order chi connectivity index (χ0) is 8.73. The van der Waals surface area contributed by atoms with Crippen molar-refractivity contribution in [3.05, 3.63) is 0 Å². The average molecular weight is 181 g/mol. The molecule has 0 aromatic heterocycles. The molecular weight excluding hydrogens is 162 g/mol. The summed E-state index contributed by atoms with van der Waals surface area (Å²) >= 11 is 0. The number of rotatable bonds is 2. The van der Waals surface area contributed by atoms with E-state index in [4.69, 9.17) is 4.74 Å². The molecule has 0 bridgehead atoms. The monoisotopic (exact) mass is 181 g/mol. The molecule has 1 spiro atoms. The van der Waals surface area contributed by atoms with Gasteiger partial charge in [-0.2, -0.15) is 0 Å². The van der Waals surface area contributed by atoms with E-state index in [0.717, 1.165) is 24.7 Å². The molecule has 1 N–H and O–H groups in total. The van der Waals surface area contributed by atoms with Crippen LogP contribution in [0, 0.1) is 5.41 Å². The van der Waals surface area contributed by atoms with Gasteiger partial charge in [0.1, 0.15) is 0 Å². The second-order valence-electron chi connectivity index (χ2n) is 5.06. The lowest BCUT2D eigenvalue weighted by molar-refractivity contribution is -0.0245. The highest BCUT2D eigenvalue weighted by atomic mass is 16.5. The summed E-state index contributed by atoms with van der Waals surface area (Å²) in [7, 11) is 0. The van der Waals surface area contributed by atoms with Gasteiger partial charge in [-0.15, -0.1) is 0 Å². The predicted molar refractivity (Wildman–Crippen MR) is 51.7 cm³/mol. The van der Waals surface area contributed by atoms with E-state index >= 15 is 0 Å². The summed E-state index contributed by atoms with van der Waals surface area (Å²) in [5.41, 5.74) is 0.732. The summed E-state index contributed by atoms with van der Waals surface area (Å²) in [4.78, 5) is 0. The Hall–Kier alpha value is -0.0800. The van der Waals surface area contributed by atoms with E-state index < -0.39 is 0 Å². The third-order valence-electron chi connectivity index (χ3n) is 4.33. The molecule has 74 valence electrons. The van der Waals surface area contributed by atoms with Gasteiger partial charge in [0.15, 0.2) is 0 Å². The lowest BCUT2D eigenvalue weighted by atomic mass is 9.65. The largest absolute Gasteiger partial charge is 0.378 e. The topological polar surface area (TPSA) is 21.3 Å². The summed E-state index contributed by atoms with van der Waals surface area (Å²) in [5.74, 6) is 0. The third kappa shape index (κ3) is 1.23. The minimum absolute atomic E-state index is 0.681. The molecule has 1 atom stereocenters. The maximum Gasteiger partial charge on any atom is 0.0643 e. The van der Waals surface area contributed by atoms with Gasteiger partial charge < -0.3 is 10.1 Å². The van der Waals surface area contributed by atoms with Gasteiger partial charge >= 0.3 is 0 Å². The Morgan fingerprint density at radius 2 is 1.85 bits per heavy atom. The maximum absolute atomic E-state index is 5.20. The lowest BCUT2D eigenvalue weighted by Crippen LogP contribution is -2.55. The summed E-state index contributed by atoms with van der Waals surface area (Å²) in [6, 6.07) is 1.51. The molecule has 2 heteroatoms. The first kappa shape index (κ1) is 8.25. The Morgan fingerprint density at radius 3 is 2.38 bits per heavy atom. The molecule has 3 rings (SSSR count). The van der Waals surface area contributed by atoms with Crippen LogP contribution in [0.15, 0.2) is 0 Å². The molecule has 1 aliphatic heterocycles. The van der Waals surface area contributed by atoms with E-state index in [-0.39, 0.29) is 0 Å². The molecule has 1 unspecified atom stereocenters. The van der Waals surface area contributed by atoms with Crippen LogP contribution < -0.4 is 5.32 Å². The molecular formula is C11H19NO. The fourth-order valence-corrected chi connectivity index (χ4v) is 3.24. The molecule has 3 fully saturated rings. The molecule has 0 radical (unpaired) electrons. The molecule has 2 aliphatic carbocycles. The van der Waals surface area contributed by atoms with Gasteiger partial charge in [0.2, 0.25) is 0 Å². The van der Waals surface area contributed by atoms with Gasteiger partial charge in [0.25, 0.3) is 0 Å². The van der Waals surface area contributed by atoms with Crippen molar-refractivity contribution in [2.75, 3.05) is 13.2 Å². The van der Waals surface area contributed by atoms with Crippen LogP contribution in [0.25, 0.3) is 0 Å². The van der Waals surface area contributed by atoms with Crippen molar-refractivity contribution in [3.63, 3.8) is 0 Å². The van der Waals surface area contributed by atoms with Gasteiger partial charge in [-0.05, 0) is 31.1 Å². The molecule has 0 aromatic rings. The van der Waals surface area contributed by atoms with Crippen LogP contribution in [0.5, 0.6) is 0 Å². The highest BCUT2D eigenvalue weighted by Gasteiger charge is 2.47. The van der Waals surface area contributed by atoms with Crippen molar-refractivity contribution in [3.8, 4) is 0 Å². The Bertz CT molecular complexity index is 196. The van der Waals surface area contributed by atoms with E-state index in [9.17, 15) is 0 Å². The highest BCUT2D eigenvalue weighted by molar-refractivity contribution is 5.02. The summed E-state index contributed by atoms with van der Waals surface area (Å²) in [6.07, 6.45) is 8.79. The van der Waals surface area contributed by atoms with Crippen LogP contribution in [0.3, 0.4) is 0 Å². The lowest BCUT2D eigenvalue weighted by Gasteiger charge is -2.46. The minimum Gasteiger partial charge on any atom is -0.378 e. The number of hydrogen-bond acceptors (Lipinski definition) is 2. The standard InChI is InChI=1S/C11H19NO/c1-3-10(12-9-7-13-8-9)11(4-1)5-2-6-11/h9-10,12H,1-8H2. The fraction of sp³-hybridized carbons (Fsp3) is 1.00. The zero-order valence-electron chi connectivity index (χ0n) is 8.22. The Labute approximate surface area is 80.0 Å². The third-order valence-corrected chi connectivity index (χ3v) is 4.33. The molecule has 1 heterocycles. The molecule has 2 saturated carbocycles. The first-order chi connectivity index (χ1) is 6.39. The fourth-order valence-electron chi connectivity index (χ4n) is 3.24. The van der Waals surface area contributed by atoms with Crippen molar-refractivity contribution in [1.82, 2.24) is 5.32 Å². The molecule has 2 nitrogen and oxygen atoms in total. The van der Waals surface area contributed by atoms with Crippen molar-refractivity contribution in [1.29, 1.82) is 0 Å². The van der Waals surface area contributed by atoms with Crippen LogP contribution in [0.4, 0.5) is 0 Å². The summed E-state index contributed by atoms with van der Waals surface area (Å²) in [6.45, 7) is 1.90. The van der Waals surface area contributed by atoms with Crippen molar-refractivity contribution < 1.29 is 4.74 Å². The number of ether oxygens (including phenoxy) is 1. The number of nitrogens with one attached hydrogen (secondary N) is 1. The van der Waals surface area contributed by atoms with E-state index in [2.05, 4.69) is 5.32 Å². The van der Waals surface area contributed by atoms with Crippen molar-refractivity contribution >= 4 is 0 Å². The van der Waals surface area contributed by atoms with E-state index in [1.807, 2.05) is 0 Å². The van der Waals surface area contributed by atoms with Crippen LogP contribution >= 0.6 is 0 Å². The first-order valence-electron chi connectivity index (χ1n) is 5.73. The summed E-state index contributed by atoms with van der Waals surface area (Å²) in [5, 5.41) is 3.78. The molecule has 13 heavy (non-hydrogen) atoms. The summed E-state index contributed by atoms with van der Waals surface area (Å²) < 4.78 is 5.20. The molecule has 0 amide bonds. The molecule has 0 aromatic carbocycles. The van der Waals surface area contributed by atoms with Crippen LogP contribution in [0.2, 0.25) is 0 Å². The Morgan fingerprint density at radius 1 is 1.08 bits per heavy atom. The van der Waals surface area contributed by atoms with Crippen molar-refractivity contribution in [2.45, 2.75) is 50.6 Å². The van der Waals surface area contributed by atoms with Gasteiger partial charge in [0.05, 0.1) is 19.3 Å². The first-order valence-corrected chi connectivity index (χ1v) is 5.73. The van der Waals surface area contributed by atoms with Crippen molar-refractivity contribution in [2.24, 2.45) is 5.41 Å².